The highest BCUT2D eigenvalue weighted by molar-refractivity contribution is 5.29. The highest BCUT2D eigenvalue weighted by atomic mass is 19.3. The Labute approximate surface area is 119 Å². The summed E-state index contributed by atoms with van der Waals surface area (Å²) >= 11 is 0. The zero-order valence-electron chi connectivity index (χ0n) is 11.9. The monoisotopic (exact) mass is 283 g/mol. The number of ether oxygens (including phenoxy) is 1. The van der Waals surface area contributed by atoms with Gasteiger partial charge in [-0.3, -0.25) is 0 Å². The zero-order valence-corrected chi connectivity index (χ0v) is 11.9. The first kappa shape index (κ1) is 15.2. The molecule has 1 atom stereocenters. The standard InChI is InChI=1S/C16H23F2NO/c1-19-15(11-12-5-3-2-4-6-12)13-7-9-14(10-8-13)20-16(17)18/h7-10,12,15-16,19H,2-6,11H2,1H3. The molecule has 1 aromatic carbocycles. The molecule has 1 fully saturated rings. The first-order chi connectivity index (χ1) is 9.69. The molecular weight excluding hydrogens is 260 g/mol. The summed E-state index contributed by atoms with van der Waals surface area (Å²) in [6.07, 6.45) is 7.77. The van der Waals surface area contributed by atoms with Gasteiger partial charge in [0.1, 0.15) is 5.75 Å². The minimum absolute atomic E-state index is 0.219. The molecule has 2 rings (SSSR count). The third-order valence-corrected chi connectivity index (χ3v) is 4.15. The van der Waals surface area contributed by atoms with Crippen LogP contribution in [0.4, 0.5) is 8.78 Å². The number of hydrogen-bond donors (Lipinski definition) is 1. The number of rotatable bonds is 6. The van der Waals surface area contributed by atoms with Gasteiger partial charge in [-0.15, -0.1) is 0 Å². The largest absolute Gasteiger partial charge is 0.435 e. The maximum absolute atomic E-state index is 12.1. The third-order valence-electron chi connectivity index (χ3n) is 4.15. The lowest BCUT2D eigenvalue weighted by Gasteiger charge is -2.26. The van der Waals surface area contributed by atoms with E-state index in [4.69, 9.17) is 0 Å². The Hall–Kier alpha value is -1.16. The maximum Gasteiger partial charge on any atom is 0.387 e. The maximum atomic E-state index is 12.1. The molecule has 20 heavy (non-hydrogen) atoms. The van der Waals surface area contributed by atoms with Gasteiger partial charge in [-0.25, -0.2) is 0 Å². The molecule has 0 bridgehead atoms. The lowest BCUT2D eigenvalue weighted by atomic mass is 9.83. The van der Waals surface area contributed by atoms with Gasteiger partial charge in [0.15, 0.2) is 0 Å². The predicted molar refractivity (Wildman–Crippen MR) is 76.1 cm³/mol. The van der Waals surface area contributed by atoms with Crippen LogP contribution >= 0.6 is 0 Å². The van der Waals surface area contributed by atoms with Gasteiger partial charge < -0.3 is 10.1 Å². The quantitative estimate of drug-likeness (QED) is 0.829. The van der Waals surface area contributed by atoms with E-state index in [2.05, 4.69) is 10.1 Å². The lowest BCUT2D eigenvalue weighted by molar-refractivity contribution is -0.0498. The fourth-order valence-electron chi connectivity index (χ4n) is 3.06. The molecule has 1 N–H and O–H groups in total. The first-order valence-electron chi connectivity index (χ1n) is 7.41. The van der Waals surface area contributed by atoms with E-state index in [1.807, 2.05) is 19.2 Å². The Morgan fingerprint density at radius 3 is 2.35 bits per heavy atom. The Balaban J connectivity index is 1.95. The van der Waals surface area contributed by atoms with E-state index >= 15 is 0 Å². The number of alkyl halides is 2. The summed E-state index contributed by atoms with van der Waals surface area (Å²) < 4.78 is 28.6. The van der Waals surface area contributed by atoms with Gasteiger partial charge >= 0.3 is 6.61 Å². The molecule has 1 saturated carbocycles. The smallest absolute Gasteiger partial charge is 0.387 e. The van der Waals surface area contributed by atoms with Gasteiger partial charge in [0, 0.05) is 6.04 Å². The molecule has 0 aliphatic heterocycles. The van der Waals surface area contributed by atoms with Gasteiger partial charge in [0.05, 0.1) is 0 Å². The Morgan fingerprint density at radius 2 is 1.80 bits per heavy atom. The van der Waals surface area contributed by atoms with E-state index in [0.29, 0.717) is 6.04 Å². The highest BCUT2D eigenvalue weighted by Gasteiger charge is 2.19. The van der Waals surface area contributed by atoms with Gasteiger partial charge in [-0.2, -0.15) is 8.78 Å². The third kappa shape index (κ3) is 4.44. The molecule has 0 amide bonds. The molecule has 1 unspecified atom stereocenters. The second kappa shape index (κ2) is 7.58. The molecule has 0 heterocycles. The summed E-state index contributed by atoms with van der Waals surface area (Å²) in [7, 11) is 1.96. The van der Waals surface area contributed by atoms with Crippen molar-refractivity contribution < 1.29 is 13.5 Å². The summed E-state index contributed by atoms with van der Waals surface area (Å²) in [5.41, 5.74) is 1.14. The molecule has 1 aromatic rings. The number of halogens is 2. The molecule has 4 heteroatoms. The van der Waals surface area contributed by atoms with E-state index in [0.717, 1.165) is 17.9 Å². The van der Waals surface area contributed by atoms with Crippen molar-refractivity contribution in [2.45, 2.75) is 51.2 Å². The highest BCUT2D eigenvalue weighted by Crippen LogP contribution is 2.32. The van der Waals surface area contributed by atoms with Crippen LogP contribution < -0.4 is 10.1 Å². The van der Waals surface area contributed by atoms with Crippen molar-refractivity contribution in [2.75, 3.05) is 7.05 Å². The van der Waals surface area contributed by atoms with Crippen molar-refractivity contribution in [3.63, 3.8) is 0 Å². The first-order valence-corrected chi connectivity index (χ1v) is 7.41. The molecule has 112 valence electrons. The van der Waals surface area contributed by atoms with Crippen LogP contribution in [-0.2, 0) is 0 Å². The van der Waals surface area contributed by atoms with Crippen LogP contribution in [0.25, 0.3) is 0 Å². The Bertz CT molecular complexity index is 388. The topological polar surface area (TPSA) is 21.3 Å². The van der Waals surface area contributed by atoms with Crippen LogP contribution in [0.1, 0.15) is 50.1 Å². The van der Waals surface area contributed by atoms with E-state index in [9.17, 15) is 8.78 Å². The molecule has 0 aromatic heterocycles. The fraction of sp³-hybridized carbons (Fsp3) is 0.625. The Kier molecular flexibility index (Phi) is 5.77. The van der Waals surface area contributed by atoms with Gasteiger partial charge in [0.25, 0.3) is 0 Å². The minimum Gasteiger partial charge on any atom is -0.435 e. The van der Waals surface area contributed by atoms with Crippen molar-refractivity contribution in [1.82, 2.24) is 5.32 Å². The lowest BCUT2D eigenvalue weighted by Crippen LogP contribution is -2.21. The van der Waals surface area contributed by atoms with E-state index in [1.54, 1.807) is 12.1 Å². The summed E-state index contributed by atoms with van der Waals surface area (Å²) in [6.45, 7) is -2.76. The summed E-state index contributed by atoms with van der Waals surface area (Å²) in [5.74, 6) is 0.995. The number of benzene rings is 1. The molecule has 0 saturated heterocycles. The van der Waals surface area contributed by atoms with Crippen molar-refractivity contribution in [3.05, 3.63) is 29.8 Å². The van der Waals surface area contributed by atoms with E-state index < -0.39 is 6.61 Å². The molecular formula is C16H23F2NO. The molecule has 0 radical (unpaired) electrons. The van der Waals surface area contributed by atoms with Crippen molar-refractivity contribution in [2.24, 2.45) is 5.92 Å². The van der Waals surface area contributed by atoms with Crippen LogP contribution in [0.5, 0.6) is 5.75 Å². The molecule has 1 aliphatic carbocycles. The summed E-state index contributed by atoms with van der Waals surface area (Å²) in [4.78, 5) is 0. The average molecular weight is 283 g/mol. The summed E-state index contributed by atoms with van der Waals surface area (Å²) in [6, 6.07) is 7.28. The van der Waals surface area contributed by atoms with Crippen LogP contribution in [0.2, 0.25) is 0 Å². The average Bonchev–Trinajstić information content (AvgIpc) is 2.46. The predicted octanol–water partition coefficient (Wildman–Crippen LogP) is 4.52. The Morgan fingerprint density at radius 1 is 1.15 bits per heavy atom. The minimum atomic E-state index is -2.76. The second-order valence-electron chi connectivity index (χ2n) is 5.53. The SMILES string of the molecule is CNC(CC1CCCCC1)c1ccc(OC(F)F)cc1. The fourth-order valence-corrected chi connectivity index (χ4v) is 3.06. The van der Waals surface area contributed by atoms with Crippen LogP contribution in [0.15, 0.2) is 24.3 Å². The molecule has 0 spiro atoms. The van der Waals surface area contributed by atoms with Gasteiger partial charge in [-0.1, -0.05) is 44.2 Å². The normalized spacial score (nSPS) is 18.2. The second-order valence-corrected chi connectivity index (χ2v) is 5.53. The van der Waals surface area contributed by atoms with Crippen molar-refractivity contribution in [1.29, 1.82) is 0 Å². The molecule has 1 aliphatic rings. The van der Waals surface area contributed by atoms with Crippen LogP contribution in [-0.4, -0.2) is 13.7 Å². The van der Waals surface area contributed by atoms with Crippen LogP contribution in [0.3, 0.4) is 0 Å². The van der Waals surface area contributed by atoms with Crippen molar-refractivity contribution in [3.8, 4) is 5.75 Å². The van der Waals surface area contributed by atoms with Gasteiger partial charge in [0.2, 0.25) is 0 Å². The van der Waals surface area contributed by atoms with Gasteiger partial charge in [-0.05, 0) is 37.1 Å². The zero-order chi connectivity index (χ0) is 14.4. The molecule has 2 nitrogen and oxygen atoms in total. The number of hydrogen-bond acceptors (Lipinski definition) is 2. The van der Waals surface area contributed by atoms with Crippen LogP contribution in [0, 0.1) is 5.92 Å². The summed E-state index contributed by atoms with van der Waals surface area (Å²) in [5, 5.41) is 3.34. The number of nitrogens with one attached hydrogen (secondary N) is 1. The van der Waals surface area contributed by atoms with E-state index in [-0.39, 0.29) is 5.75 Å². The van der Waals surface area contributed by atoms with E-state index in [1.165, 1.54) is 32.1 Å². The van der Waals surface area contributed by atoms with Crippen molar-refractivity contribution >= 4 is 0 Å².